The fourth-order valence-corrected chi connectivity index (χ4v) is 2.30. The van der Waals surface area contributed by atoms with Crippen LogP contribution in [0.2, 0.25) is 0 Å². The van der Waals surface area contributed by atoms with E-state index >= 15 is 0 Å². The zero-order valence-electron chi connectivity index (χ0n) is 13.0. The molecule has 0 aliphatic rings. The van der Waals surface area contributed by atoms with Gasteiger partial charge in [-0.05, 0) is 38.0 Å². The molecule has 2 aromatic heterocycles. The third kappa shape index (κ3) is 2.80. The maximum atomic E-state index is 10.9. The number of nitro groups is 1. The van der Waals surface area contributed by atoms with E-state index in [0.29, 0.717) is 11.5 Å². The van der Waals surface area contributed by atoms with Crippen molar-refractivity contribution in [3.63, 3.8) is 0 Å². The highest BCUT2D eigenvalue weighted by molar-refractivity contribution is 5.55. The largest absolute Gasteiger partial charge is 0.283 e. The molecule has 0 bridgehead atoms. The van der Waals surface area contributed by atoms with E-state index in [-0.39, 0.29) is 5.69 Å². The Hall–Kier alpha value is -3.09. The van der Waals surface area contributed by atoms with Gasteiger partial charge in [0.25, 0.3) is 5.69 Å². The number of benzene rings is 1. The van der Waals surface area contributed by atoms with Crippen molar-refractivity contribution in [1.29, 1.82) is 0 Å². The number of imidazole rings is 1. The molecule has 3 aromatic rings. The fourth-order valence-electron chi connectivity index (χ4n) is 2.30. The van der Waals surface area contributed by atoms with Crippen LogP contribution in [0, 0.1) is 30.9 Å². The predicted molar refractivity (Wildman–Crippen MR) is 86.7 cm³/mol. The van der Waals surface area contributed by atoms with Gasteiger partial charge in [-0.3, -0.25) is 14.5 Å². The van der Waals surface area contributed by atoms with E-state index in [0.717, 1.165) is 22.5 Å². The Kier molecular flexibility index (Phi) is 3.61. The number of hydrogen-bond donors (Lipinski definition) is 0. The molecule has 0 atom stereocenters. The second kappa shape index (κ2) is 5.60. The Balaban J connectivity index is 2.07. The molecule has 0 fully saturated rings. The van der Waals surface area contributed by atoms with Crippen molar-refractivity contribution in [2.45, 2.75) is 20.8 Å². The zero-order valence-corrected chi connectivity index (χ0v) is 13.0. The summed E-state index contributed by atoms with van der Waals surface area (Å²) in [4.78, 5) is 14.9. The lowest BCUT2D eigenvalue weighted by Crippen LogP contribution is -1.87. The Morgan fingerprint density at radius 1 is 1.13 bits per heavy atom. The number of azo groups is 1. The molecular formula is C16H15N5O2. The van der Waals surface area contributed by atoms with Crippen molar-refractivity contribution in [2.24, 2.45) is 10.2 Å². The van der Waals surface area contributed by atoms with Crippen LogP contribution < -0.4 is 0 Å². The first kappa shape index (κ1) is 14.8. The minimum atomic E-state index is -0.443. The standard InChI is InChI=1S/C16H15N5O2/c1-10-4-7-15-17-12(3)16(20(15)9-10)19-18-14-8-13(21(22)23)6-5-11(14)2/h4-9H,1-3H3. The van der Waals surface area contributed by atoms with Crippen molar-refractivity contribution in [3.05, 3.63) is 63.5 Å². The Morgan fingerprint density at radius 3 is 2.65 bits per heavy atom. The quantitative estimate of drug-likeness (QED) is 0.403. The summed E-state index contributed by atoms with van der Waals surface area (Å²) in [6, 6.07) is 8.44. The summed E-state index contributed by atoms with van der Waals surface area (Å²) in [5.41, 5.74) is 3.91. The highest BCUT2D eigenvalue weighted by atomic mass is 16.6. The molecule has 116 valence electrons. The van der Waals surface area contributed by atoms with Crippen LogP contribution >= 0.6 is 0 Å². The van der Waals surface area contributed by atoms with E-state index in [1.165, 1.54) is 12.1 Å². The van der Waals surface area contributed by atoms with Crippen LogP contribution in [0.4, 0.5) is 17.2 Å². The molecular weight excluding hydrogens is 294 g/mol. The topological polar surface area (TPSA) is 85.2 Å². The van der Waals surface area contributed by atoms with Crippen molar-refractivity contribution >= 4 is 22.8 Å². The average Bonchev–Trinajstić information content (AvgIpc) is 2.81. The van der Waals surface area contributed by atoms with E-state index in [4.69, 9.17) is 0 Å². The summed E-state index contributed by atoms with van der Waals surface area (Å²) in [6.45, 7) is 5.68. The summed E-state index contributed by atoms with van der Waals surface area (Å²) < 4.78 is 1.86. The second-order valence-corrected chi connectivity index (χ2v) is 5.38. The normalized spacial score (nSPS) is 11.4. The first-order valence-electron chi connectivity index (χ1n) is 7.08. The molecule has 0 aliphatic carbocycles. The summed E-state index contributed by atoms with van der Waals surface area (Å²) in [7, 11) is 0. The summed E-state index contributed by atoms with van der Waals surface area (Å²) in [5, 5.41) is 19.3. The van der Waals surface area contributed by atoms with E-state index in [2.05, 4.69) is 15.2 Å². The molecule has 0 N–H and O–H groups in total. The first-order chi connectivity index (χ1) is 11.0. The van der Waals surface area contributed by atoms with E-state index in [9.17, 15) is 10.1 Å². The van der Waals surface area contributed by atoms with Crippen LogP contribution in [0.5, 0.6) is 0 Å². The van der Waals surface area contributed by atoms with Crippen molar-refractivity contribution in [2.75, 3.05) is 0 Å². The van der Waals surface area contributed by atoms with Gasteiger partial charge >= 0.3 is 0 Å². The number of hydrogen-bond acceptors (Lipinski definition) is 5. The molecule has 0 saturated heterocycles. The van der Waals surface area contributed by atoms with Gasteiger partial charge in [0.1, 0.15) is 5.65 Å². The number of fused-ring (bicyclic) bond motifs is 1. The van der Waals surface area contributed by atoms with Crippen LogP contribution in [-0.4, -0.2) is 14.3 Å². The molecule has 7 heteroatoms. The minimum Gasteiger partial charge on any atom is -0.283 e. The number of non-ortho nitro benzene ring substituents is 1. The van der Waals surface area contributed by atoms with Gasteiger partial charge in [0.15, 0.2) is 5.82 Å². The van der Waals surface area contributed by atoms with E-state index < -0.39 is 4.92 Å². The Bertz CT molecular complexity index is 943. The average molecular weight is 309 g/mol. The van der Waals surface area contributed by atoms with Crippen molar-refractivity contribution < 1.29 is 4.92 Å². The van der Waals surface area contributed by atoms with Gasteiger partial charge in [-0.2, -0.15) is 0 Å². The summed E-state index contributed by atoms with van der Waals surface area (Å²) in [5.74, 6) is 0.620. The molecule has 0 unspecified atom stereocenters. The van der Waals surface area contributed by atoms with Crippen LogP contribution in [-0.2, 0) is 0 Å². The second-order valence-electron chi connectivity index (χ2n) is 5.38. The molecule has 23 heavy (non-hydrogen) atoms. The molecule has 3 rings (SSSR count). The monoisotopic (exact) mass is 309 g/mol. The third-order valence-electron chi connectivity index (χ3n) is 3.56. The van der Waals surface area contributed by atoms with E-state index in [1.54, 1.807) is 6.07 Å². The molecule has 0 saturated carbocycles. The Morgan fingerprint density at radius 2 is 1.91 bits per heavy atom. The highest BCUT2D eigenvalue weighted by Crippen LogP contribution is 2.28. The summed E-state index contributed by atoms with van der Waals surface area (Å²) in [6.07, 6.45) is 1.93. The Labute approximate surface area is 132 Å². The molecule has 0 amide bonds. The maximum absolute atomic E-state index is 10.9. The lowest BCUT2D eigenvalue weighted by molar-refractivity contribution is -0.384. The SMILES string of the molecule is Cc1ccc2nc(C)c(N=Nc3cc([N+](=O)[O-])ccc3C)n2c1. The highest BCUT2D eigenvalue weighted by Gasteiger charge is 2.10. The number of pyridine rings is 1. The number of aromatic nitrogens is 2. The van der Waals surface area contributed by atoms with Gasteiger partial charge in [0, 0.05) is 18.3 Å². The lowest BCUT2D eigenvalue weighted by Gasteiger charge is -2.00. The maximum Gasteiger partial charge on any atom is 0.271 e. The van der Waals surface area contributed by atoms with Gasteiger partial charge < -0.3 is 0 Å². The third-order valence-corrected chi connectivity index (χ3v) is 3.56. The van der Waals surface area contributed by atoms with Gasteiger partial charge in [0.2, 0.25) is 0 Å². The van der Waals surface area contributed by atoms with E-state index in [1.807, 2.05) is 43.5 Å². The van der Waals surface area contributed by atoms with Crippen LogP contribution in [0.15, 0.2) is 46.8 Å². The number of rotatable bonds is 3. The minimum absolute atomic E-state index is 0.00439. The van der Waals surface area contributed by atoms with Gasteiger partial charge in [-0.1, -0.05) is 12.1 Å². The van der Waals surface area contributed by atoms with Crippen LogP contribution in [0.3, 0.4) is 0 Å². The molecule has 7 nitrogen and oxygen atoms in total. The first-order valence-corrected chi connectivity index (χ1v) is 7.08. The van der Waals surface area contributed by atoms with Crippen LogP contribution in [0.25, 0.3) is 5.65 Å². The predicted octanol–water partition coefficient (Wildman–Crippen LogP) is 4.58. The van der Waals surface area contributed by atoms with Crippen LogP contribution in [0.1, 0.15) is 16.8 Å². The van der Waals surface area contributed by atoms with Crippen molar-refractivity contribution in [1.82, 2.24) is 9.38 Å². The zero-order chi connectivity index (χ0) is 16.6. The van der Waals surface area contributed by atoms with Gasteiger partial charge in [0.05, 0.1) is 16.3 Å². The number of nitro benzene ring substituents is 1. The molecule has 0 radical (unpaired) electrons. The molecule has 0 spiro atoms. The number of aryl methyl sites for hydroxylation is 3. The molecule has 0 aliphatic heterocycles. The molecule has 2 heterocycles. The lowest BCUT2D eigenvalue weighted by atomic mass is 10.2. The molecule has 1 aromatic carbocycles. The smallest absolute Gasteiger partial charge is 0.271 e. The van der Waals surface area contributed by atoms with Crippen molar-refractivity contribution in [3.8, 4) is 0 Å². The van der Waals surface area contributed by atoms with Gasteiger partial charge in [-0.25, -0.2) is 4.98 Å². The fraction of sp³-hybridized carbons (Fsp3) is 0.188. The van der Waals surface area contributed by atoms with Gasteiger partial charge in [-0.15, -0.1) is 10.2 Å². The number of nitrogens with zero attached hydrogens (tertiary/aromatic N) is 5. The summed E-state index contributed by atoms with van der Waals surface area (Å²) >= 11 is 0.